The highest BCUT2D eigenvalue weighted by Gasteiger charge is 2.91. The lowest BCUT2D eigenvalue weighted by molar-refractivity contribution is 0.0473. The van der Waals surface area contributed by atoms with Crippen molar-refractivity contribution in [1.29, 1.82) is 0 Å². The molecular weight excluding hydrogens is 424 g/mol. The zero-order chi connectivity index (χ0) is 22.4. The van der Waals surface area contributed by atoms with Crippen molar-refractivity contribution in [2.75, 3.05) is 19.6 Å². The topological polar surface area (TPSA) is 58.1 Å². The zero-order valence-electron chi connectivity index (χ0n) is 17.4. The van der Waals surface area contributed by atoms with Crippen LogP contribution in [0.3, 0.4) is 0 Å². The number of rotatable bonds is 6. The van der Waals surface area contributed by atoms with Crippen molar-refractivity contribution in [2.45, 2.75) is 37.5 Å². The normalized spacial score (nSPS) is 32.4. The molecule has 5 unspecified atom stereocenters. The van der Waals surface area contributed by atoms with E-state index in [4.69, 9.17) is 0 Å². The molecule has 6 rings (SSSR count). The molecule has 9 heteroatoms. The number of halogens is 4. The van der Waals surface area contributed by atoms with E-state index < -0.39 is 36.1 Å². The number of hydrogen-bond donors (Lipinski definition) is 1. The Kier molecular flexibility index (Phi) is 4.00. The number of alkyl halides is 2. The van der Waals surface area contributed by atoms with Gasteiger partial charge in [-0.1, -0.05) is 6.07 Å². The molecule has 1 N–H and O–H groups in total. The van der Waals surface area contributed by atoms with Crippen LogP contribution in [0.15, 0.2) is 24.3 Å². The molecule has 1 aromatic carbocycles. The third-order valence-electron chi connectivity index (χ3n) is 8.17. The van der Waals surface area contributed by atoms with Gasteiger partial charge in [-0.3, -0.25) is 0 Å². The maximum atomic E-state index is 14.3. The average molecular weight is 446 g/mol. The molecule has 5 atom stereocenters. The van der Waals surface area contributed by atoms with Gasteiger partial charge in [0.2, 0.25) is 0 Å². The third kappa shape index (κ3) is 2.37. The first kappa shape index (κ1) is 19.9. The summed E-state index contributed by atoms with van der Waals surface area (Å²) in [7, 11) is 0. The Balaban J connectivity index is 1.40. The van der Waals surface area contributed by atoms with Gasteiger partial charge in [-0.15, -0.1) is 0 Å². The largest absolute Gasteiger partial charge is 0.338 e. The third-order valence-corrected chi connectivity index (χ3v) is 8.17. The number of nitrogens with one attached hydrogen (secondary N) is 1. The number of hydrogen-bond acceptors (Lipinski definition) is 3. The van der Waals surface area contributed by atoms with Gasteiger partial charge in [0.15, 0.2) is 0 Å². The number of carbonyl (C=O) groups is 1. The van der Waals surface area contributed by atoms with Crippen LogP contribution in [-0.2, 0) is 5.41 Å². The van der Waals surface area contributed by atoms with E-state index in [0.717, 1.165) is 18.4 Å². The monoisotopic (exact) mass is 446 g/mol. The molecule has 5 nitrogen and oxygen atoms in total. The summed E-state index contributed by atoms with van der Waals surface area (Å²) in [4.78, 5) is 13.7. The van der Waals surface area contributed by atoms with Gasteiger partial charge < -0.3 is 10.2 Å². The molecule has 0 radical (unpaired) electrons. The van der Waals surface area contributed by atoms with Crippen molar-refractivity contribution in [2.24, 2.45) is 17.3 Å². The van der Waals surface area contributed by atoms with Gasteiger partial charge in [-0.2, -0.15) is 10.2 Å². The van der Waals surface area contributed by atoms with Crippen LogP contribution in [0.25, 0.3) is 11.3 Å². The van der Waals surface area contributed by atoms with Crippen LogP contribution in [0.1, 0.15) is 36.9 Å². The Morgan fingerprint density at radius 3 is 2.72 bits per heavy atom. The lowest BCUT2D eigenvalue weighted by atomic mass is 9.60. The Hall–Kier alpha value is -2.71. The minimum absolute atomic E-state index is 0.139. The quantitative estimate of drug-likeness (QED) is 0.680. The molecule has 0 aliphatic heterocycles. The summed E-state index contributed by atoms with van der Waals surface area (Å²) < 4.78 is 55.2. The molecule has 168 valence electrons. The summed E-state index contributed by atoms with van der Waals surface area (Å²) in [5.41, 5.74) is 1.23. The van der Waals surface area contributed by atoms with Gasteiger partial charge in [0.05, 0.1) is 23.5 Å². The van der Waals surface area contributed by atoms with Crippen molar-refractivity contribution in [3.8, 4) is 11.3 Å². The smallest absolute Gasteiger partial charge is 0.317 e. The van der Waals surface area contributed by atoms with Crippen LogP contribution in [0.5, 0.6) is 0 Å². The fraction of sp³-hybridized carbons (Fsp3) is 0.522. The zero-order valence-corrected chi connectivity index (χ0v) is 17.4. The van der Waals surface area contributed by atoms with Crippen molar-refractivity contribution in [3.63, 3.8) is 0 Å². The van der Waals surface area contributed by atoms with Gasteiger partial charge >= 0.3 is 6.03 Å². The summed E-state index contributed by atoms with van der Waals surface area (Å²) in [6.07, 6.45) is -0.884. The Labute approximate surface area is 182 Å². The van der Waals surface area contributed by atoms with E-state index in [1.165, 1.54) is 23.1 Å². The molecule has 4 aliphatic rings. The molecular formula is C23H22F4N4O. The van der Waals surface area contributed by atoms with E-state index >= 15 is 0 Å². The van der Waals surface area contributed by atoms with E-state index in [1.807, 2.05) is 0 Å². The number of urea groups is 1. The number of nitrogens with zero attached hydrogens (tertiary/aromatic N) is 3. The number of fused-ring (bicyclic) bond motifs is 3. The molecule has 1 aromatic heterocycles. The van der Waals surface area contributed by atoms with Gasteiger partial charge in [-0.05, 0) is 66.7 Å². The molecule has 4 aliphatic carbocycles. The van der Waals surface area contributed by atoms with Crippen LogP contribution in [-0.4, -0.2) is 47.2 Å². The van der Waals surface area contributed by atoms with Crippen LogP contribution in [0.4, 0.5) is 22.4 Å². The van der Waals surface area contributed by atoms with Gasteiger partial charge in [-0.25, -0.2) is 22.4 Å². The standard InChI is InChI=1S/C23H22F4N4O/c1-2-28-21(32)31(8-16(26)27)10-23-9-22-7-12(18(22)19(22)23)11-6-15(29-30-20(11)23)17-13(24)4-3-5-14(17)25/h3-6,12,16,18-19H,2,7-10H2,1H3,(H,28,32). The molecule has 1 spiro atoms. The highest BCUT2D eigenvalue weighted by molar-refractivity contribution is 5.75. The first-order valence-electron chi connectivity index (χ1n) is 11.0. The van der Waals surface area contributed by atoms with Gasteiger partial charge in [0.1, 0.15) is 11.6 Å². The van der Waals surface area contributed by atoms with Gasteiger partial charge in [0.25, 0.3) is 6.43 Å². The van der Waals surface area contributed by atoms with Crippen LogP contribution < -0.4 is 5.32 Å². The predicted molar refractivity (Wildman–Crippen MR) is 107 cm³/mol. The van der Waals surface area contributed by atoms with Gasteiger partial charge in [0, 0.05) is 18.5 Å². The molecule has 0 saturated heterocycles. The second-order valence-electron chi connectivity index (χ2n) is 9.62. The minimum Gasteiger partial charge on any atom is -0.338 e. The predicted octanol–water partition coefficient (Wildman–Crippen LogP) is 4.09. The summed E-state index contributed by atoms with van der Waals surface area (Å²) in [5.74, 6) is -0.416. The Morgan fingerprint density at radius 2 is 2.03 bits per heavy atom. The SMILES string of the molecule is CCNC(=O)N(CC(F)F)CC12CC34CC(c5cc(-c6c(F)cccc6F)nnc51)C3C24. The molecule has 3 fully saturated rings. The number of carbonyl (C=O) groups excluding carboxylic acids is 1. The van der Waals surface area contributed by atoms with Crippen molar-refractivity contribution in [1.82, 2.24) is 20.4 Å². The van der Waals surface area contributed by atoms with E-state index in [9.17, 15) is 22.4 Å². The number of benzene rings is 1. The molecule has 3 saturated carbocycles. The van der Waals surface area contributed by atoms with Crippen LogP contribution in [0, 0.1) is 28.9 Å². The van der Waals surface area contributed by atoms with E-state index in [1.54, 1.807) is 13.0 Å². The first-order valence-corrected chi connectivity index (χ1v) is 11.0. The number of amides is 2. The molecule has 2 aromatic rings. The first-order chi connectivity index (χ1) is 15.3. The van der Waals surface area contributed by atoms with Crippen LogP contribution in [0.2, 0.25) is 0 Å². The van der Waals surface area contributed by atoms with E-state index in [0.29, 0.717) is 24.1 Å². The Morgan fingerprint density at radius 1 is 1.28 bits per heavy atom. The molecule has 2 amide bonds. The number of aromatic nitrogens is 2. The summed E-state index contributed by atoms with van der Waals surface area (Å²) in [5, 5.41) is 11.2. The molecule has 32 heavy (non-hydrogen) atoms. The molecule has 1 heterocycles. The second kappa shape index (κ2) is 6.42. The average Bonchev–Trinajstić information content (AvgIpc) is 3.27. The van der Waals surface area contributed by atoms with E-state index in [2.05, 4.69) is 15.5 Å². The lowest BCUT2D eigenvalue weighted by Crippen LogP contribution is -2.55. The fourth-order valence-electron chi connectivity index (χ4n) is 7.25. The Bertz CT molecular complexity index is 1120. The minimum atomic E-state index is -2.65. The van der Waals surface area contributed by atoms with Crippen LogP contribution >= 0.6 is 0 Å². The van der Waals surface area contributed by atoms with Crippen molar-refractivity contribution < 1.29 is 22.4 Å². The maximum Gasteiger partial charge on any atom is 0.317 e. The fourth-order valence-corrected chi connectivity index (χ4v) is 7.25. The highest BCUT2D eigenvalue weighted by atomic mass is 19.3. The van der Waals surface area contributed by atoms with Crippen molar-refractivity contribution >= 4 is 6.03 Å². The summed E-state index contributed by atoms with van der Waals surface area (Å²) in [6, 6.07) is 4.87. The van der Waals surface area contributed by atoms with E-state index in [-0.39, 0.29) is 29.1 Å². The summed E-state index contributed by atoms with van der Waals surface area (Å²) >= 11 is 0. The maximum absolute atomic E-state index is 14.3. The summed E-state index contributed by atoms with van der Waals surface area (Å²) in [6.45, 7) is 1.58. The lowest BCUT2D eigenvalue weighted by Gasteiger charge is -2.47. The molecule has 0 bridgehead atoms. The highest BCUT2D eigenvalue weighted by Crippen LogP contribution is 2.94. The second-order valence-corrected chi connectivity index (χ2v) is 9.62. The van der Waals surface area contributed by atoms with Crippen molar-refractivity contribution in [3.05, 3.63) is 47.2 Å².